The van der Waals surface area contributed by atoms with Gasteiger partial charge in [0.25, 0.3) is 0 Å². The highest BCUT2D eigenvalue weighted by Crippen LogP contribution is 2.35. The van der Waals surface area contributed by atoms with Crippen LogP contribution in [-0.2, 0) is 57.0 Å². The van der Waals surface area contributed by atoms with Crippen molar-refractivity contribution in [1.29, 1.82) is 0 Å². The van der Waals surface area contributed by atoms with Crippen LogP contribution in [0.5, 0.6) is 0 Å². The van der Waals surface area contributed by atoms with E-state index in [1.165, 1.54) is 6.92 Å². The van der Waals surface area contributed by atoms with Gasteiger partial charge in [0.15, 0.2) is 37.4 Å². The molecule has 4 heterocycles. The summed E-state index contributed by atoms with van der Waals surface area (Å²) in [6, 6.07) is 0. The van der Waals surface area contributed by atoms with Gasteiger partial charge in [-0.2, -0.15) is 0 Å². The minimum absolute atomic E-state index is 0.0636. The first-order valence-electron chi connectivity index (χ1n) is 22.3. The zero-order valence-electron chi connectivity index (χ0n) is 38.9. The molecule has 378 valence electrons. The Morgan fingerprint density at radius 1 is 0.545 bits per heavy atom. The Labute approximate surface area is 385 Å². The molecule has 0 aromatic rings. The van der Waals surface area contributed by atoms with Crippen LogP contribution in [0.3, 0.4) is 0 Å². The van der Waals surface area contributed by atoms with E-state index in [1.807, 2.05) is 26.8 Å². The van der Waals surface area contributed by atoms with E-state index in [9.17, 15) is 50.4 Å². The van der Waals surface area contributed by atoms with Crippen LogP contribution in [0.1, 0.15) is 81.1 Å². The molecule has 0 aromatic carbocycles. The molecule has 4 rings (SSSR count). The van der Waals surface area contributed by atoms with Gasteiger partial charge in [0, 0.05) is 12.5 Å². The van der Waals surface area contributed by atoms with Gasteiger partial charge in [-0.15, -0.1) is 0 Å². The van der Waals surface area contributed by atoms with Crippen molar-refractivity contribution < 1.29 is 103 Å². The van der Waals surface area contributed by atoms with Crippen molar-refractivity contribution in [1.82, 2.24) is 0 Å². The fourth-order valence-corrected chi connectivity index (χ4v) is 7.68. The molecule has 4 aliphatic rings. The Balaban J connectivity index is 1.49. The van der Waals surface area contributed by atoms with Crippen molar-refractivity contribution in [3.8, 4) is 0 Å². The lowest BCUT2D eigenvalue weighted by atomic mass is 9.96. The molecule has 66 heavy (non-hydrogen) atoms. The van der Waals surface area contributed by atoms with Crippen LogP contribution >= 0.6 is 0 Å². The van der Waals surface area contributed by atoms with Gasteiger partial charge in [-0.05, 0) is 74.1 Å². The van der Waals surface area contributed by atoms with Gasteiger partial charge in [0.05, 0.1) is 44.7 Å². The quantitative estimate of drug-likeness (QED) is 0.0420. The number of carbonyl (C=O) groups is 2. The molecule has 0 aliphatic carbocycles. The lowest BCUT2D eigenvalue weighted by Crippen LogP contribution is -2.66. The van der Waals surface area contributed by atoms with Crippen LogP contribution in [0.15, 0.2) is 46.6 Å². The van der Waals surface area contributed by atoms with Crippen molar-refractivity contribution in [3.63, 3.8) is 0 Å². The van der Waals surface area contributed by atoms with Crippen molar-refractivity contribution in [2.45, 2.75) is 198 Å². The summed E-state index contributed by atoms with van der Waals surface area (Å²) in [5, 5.41) is 93.5. The normalized spacial score (nSPS) is 39.7. The maximum absolute atomic E-state index is 13.0. The first kappa shape index (κ1) is 55.8. The summed E-state index contributed by atoms with van der Waals surface area (Å²) in [6.07, 6.45) is -17.2. The van der Waals surface area contributed by atoms with E-state index in [1.54, 1.807) is 39.0 Å². The third kappa shape index (κ3) is 15.4. The highest BCUT2D eigenvalue weighted by Gasteiger charge is 2.55. The SMILES string of the molecule is CC(=O)O[C@@H]1[C@@H](O[C@@H]2OC[C@@H](O)[C@H](O)[C@H]2O)[C@@H](O[C@@H]2O[C@@H](C)[C@@H](OC(=O)/C(C)=C/CC/C(C)=C/CO)[C@H](O)[C@H]2O)[C@H](OC/C=C(\C)CC/C=C(\C)CO[C@@H]2O[C@@H](C)[C@H](O)[C@@H](O)[C@H]2O)O[C@H]1C. The highest BCUT2D eigenvalue weighted by atomic mass is 16.8. The monoisotopic (exact) mass is 948 g/mol. The lowest BCUT2D eigenvalue weighted by Gasteiger charge is -2.48. The summed E-state index contributed by atoms with van der Waals surface area (Å²) in [4.78, 5) is 25.5. The summed E-state index contributed by atoms with van der Waals surface area (Å²) in [6.45, 7) is 12.4. The van der Waals surface area contributed by atoms with Gasteiger partial charge in [-0.25, -0.2) is 4.79 Å². The number of aliphatic hydroxyl groups excluding tert-OH is 9. The Morgan fingerprint density at radius 2 is 1.12 bits per heavy atom. The van der Waals surface area contributed by atoms with Crippen LogP contribution in [0, 0.1) is 0 Å². The topological polar surface area (TPSA) is 309 Å². The molecule has 21 nitrogen and oxygen atoms in total. The van der Waals surface area contributed by atoms with Gasteiger partial charge < -0.3 is 93.3 Å². The lowest BCUT2D eigenvalue weighted by molar-refractivity contribution is -0.382. The van der Waals surface area contributed by atoms with E-state index in [-0.39, 0.29) is 25.4 Å². The van der Waals surface area contributed by atoms with E-state index in [0.717, 1.165) is 23.6 Å². The Hall–Kier alpha value is -2.78. The fourth-order valence-electron chi connectivity index (χ4n) is 7.68. The Kier molecular flexibility index (Phi) is 22.2. The van der Waals surface area contributed by atoms with Crippen molar-refractivity contribution >= 4 is 11.9 Å². The standard InChI is InChI=1S/C45H72O21/c1-21(15-17-46)12-10-14-24(4)41(56)64-37-26(6)61-44(36(55)33(37)52)66-40-39(65-43-34(53)31(50)29(48)20-59-43)38(63-28(8)47)27(7)62-45(40)57-18-16-22(2)11-9-13-23(3)19-58-42-35(54)32(51)30(49)25(5)60-42/h13-16,25-27,29-40,42-46,48-55H,9-12,17-20H2,1-8H3/b21-15+,22-16+,23-13+,24-14+/t25-,26-,27-,29+,30-,31-,32+,33+,34+,35+,36+,37+,38-,39+,40+,42+,43-,44-,45+/m0/s1. The molecule has 0 unspecified atom stereocenters. The number of allylic oxidation sites excluding steroid dienone is 4. The predicted molar refractivity (Wildman–Crippen MR) is 228 cm³/mol. The third-order valence-corrected chi connectivity index (χ3v) is 11.8. The second kappa shape index (κ2) is 26.3. The molecule has 0 spiro atoms. The molecule has 4 saturated heterocycles. The number of hydrogen-bond acceptors (Lipinski definition) is 21. The summed E-state index contributed by atoms with van der Waals surface area (Å²) in [5.74, 6) is -1.49. The minimum atomic E-state index is -1.84. The number of aliphatic hydroxyl groups is 9. The molecule has 0 saturated carbocycles. The van der Waals surface area contributed by atoms with E-state index < -0.39 is 135 Å². The summed E-state index contributed by atoms with van der Waals surface area (Å²) < 4.78 is 58.8. The molecule has 0 bridgehead atoms. The number of hydrogen-bond donors (Lipinski definition) is 9. The van der Waals surface area contributed by atoms with Gasteiger partial charge in [0.1, 0.15) is 61.0 Å². The molecular weight excluding hydrogens is 876 g/mol. The number of esters is 2. The van der Waals surface area contributed by atoms with E-state index >= 15 is 0 Å². The van der Waals surface area contributed by atoms with E-state index in [4.69, 9.17) is 52.5 Å². The Morgan fingerprint density at radius 3 is 1.79 bits per heavy atom. The van der Waals surface area contributed by atoms with E-state index in [0.29, 0.717) is 25.7 Å². The number of carbonyl (C=O) groups excluding carboxylic acids is 2. The van der Waals surface area contributed by atoms with Crippen LogP contribution in [0.2, 0.25) is 0 Å². The van der Waals surface area contributed by atoms with Gasteiger partial charge >= 0.3 is 11.9 Å². The number of ether oxygens (including phenoxy) is 10. The summed E-state index contributed by atoms with van der Waals surface area (Å²) in [7, 11) is 0. The summed E-state index contributed by atoms with van der Waals surface area (Å²) in [5.41, 5.74) is 2.91. The third-order valence-electron chi connectivity index (χ3n) is 11.8. The first-order valence-corrected chi connectivity index (χ1v) is 22.3. The summed E-state index contributed by atoms with van der Waals surface area (Å²) >= 11 is 0. The second-order valence-corrected chi connectivity index (χ2v) is 17.4. The second-order valence-electron chi connectivity index (χ2n) is 17.4. The van der Waals surface area contributed by atoms with Crippen LogP contribution in [0.4, 0.5) is 0 Å². The smallest absolute Gasteiger partial charge is 0.333 e. The molecule has 21 heteroatoms. The molecule has 9 N–H and O–H groups in total. The average molecular weight is 949 g/mol. The maximum atomic E-state index is 13.0. The highest BCUT2D eigenvalue weighted by molar-refractivity contribution is 5.87. The predicted octanol–water partition coefficient (Wildman–Crippen LogP) is -0.551. The van der Waals surface area contributed by atoms with Crippen LogP contribution < -0.4 is 0 Å². The molecule has 4 fully saturated rings. The van der Waals surface area contributed by atoms with Crippen molar-refractivity contribution in [2.75, 3.05) is 26.4 Å². The Bertz CT molecular complexity index is 1670. The molecule has 0 aromatic heterocycles. The van der Waals surface area contributed by atoms with Crippen molar-refractivity contribution in [2.24, 2.45) is 0 Å². The maximum Gasteiger partial charge on any atom is 0.333 e. The van der Waals surface area contributed by atoms with Crippen molar-refractivity contribution in [3.05, 3.63) is 46.6 Å². The number of rotatable bonds is 20. The van der Waals surface area contributed by atoms with Crippen LogP contribution in [0.25, 0.3) is 0 Å². The van der Waals surface area contributed by atoms with Gasteiger partial charge in [-0.1, -0.05) is 41.0 Å². The largest absolute Gasteiger partial charge is 0.457 e. The zero-order valence-corrected chi connectivity index (χ0v) is 38.9. The van der Waals surface area contributed by atoms with Crippen LogP contribution in [-0.4, -0.2) is 201 Å². The molecule has 0 radical (unpaired) electrons. The fraction of sp³-hybridized carbons (Fsp3) is 0.778. The van der Waals surface area contributed by atoms with E-state index in [2.05, 4.69) is 0 Å². The zero-order chi connectivity index (χ0) is 49.0. The van der Waals surface area contributed by atoms with Gasteiger partial charge in [-0.3, -0.25) is 4.79 Å². The first-order chi connectivity index (χ1) is 31.1. The molecule has 19 atom stereocenters. The molecule has 4 aliphatic heterocycles. The molecule has 0 amide bonds. The average Bonchev–Trinajstić information content (AvgIpc) is 3.26. The molecular formula is C45H72O21. The minimum Gasteiger partial charge on any atom is -0.457 e. The van der Waals surface area contributed by atoms with Gasteiger partial charge in [0.2, 0.25) is 0 Å².